The summed E-state index contributed by atoms with van der Waals surface area (Å²) in [6.45, 7) is 0.461. The van der Waals surface area contributed by atoms with Gasteiger partial charge in [-0.15, -0.1) is 0 Å². The number of H-pyrrole nitrogens is 1. The maximum atomic E-state index is 13.0. The molecule has 1 aliphatic rings. The van der Waals surface area contributed by atoms with Gasteiger partial charge in [0.25, 0.3) is 5.56 Å². The number of fused-ring (bicyclic) bond motifs is 2. The number of nitrogens with zero attached hydrogens (tertiary/aromatic N) is 1. The first kappa shape index (κ1) is 18.8. The molecule has 0 atom stereocenters. The van der Waals surface area contributed by atoms with Crippen LogP contribution in [-0.2, 0) is 13.1 Å². The van der Waals surface area contributed by atoms with Gasteiger partial charge in [0, 0.05) is 22.7 Å². The molecule has 1 aliphatic heterocycles. The van der Waals surface area contributed by atoms with Crippen molar-refractivity contribution in [1.29, 1.82) is 0 Å². The van der Waals surface area contributed by atoms with Crippen LogP contribution in [0, 0.1) is 0 Å². The Bertz CT molecular complexity index is 1280. The second kappa shape index (κ2) is 7.91. The van der Waals surface area contributed by atoms with Gasteiger partial charge in [0.2, 0.25) is 6.79 Å². The van der Waals surface area contributed by atoms with Gasteiger partial charge in [-0.25, -0.2) is 4.79 Å². The molecule has 2 aromatic carbocycles. The highest BCUT2D eigenvalue weighted by atomic mass is 16.7. The van der Waals surface area contributed by atoms with Gasteiger partial charge in [0.1, 0.15) is 5.76 Å². The Hall–Kier alpha value is -4.20. The minimum absolute atomic E-state index is 0.0963. The van der Waals surface area contributed by atoms with Gasteiger partial charge in [0.05, 0.1) is 24.9 Å². The lowest BCUT2D eigenvalue weighted by molar-refractivity contribution is 0.174. The van der Waals surface area contributed by atoms with E-state index in [1.165, 1.54) is 4.90 Å². The number of anilines is 1. The summed E-state index contributed by atoms with van der Waals surface area (Å²) in [5, 5.41) is 3.65. The maximum absolute atomic E-state index is 13.0. The fraction of sp³-hybridized carbons (Fsp3) is 0.130. The number of pyridine rings is 1. The van der Waals surface area contributed by atoms with Crippen molar-refractivity contribution < 1.29 is 18.7 Å². The molecule has 2 aromatic heterocycles. The third kappa shape index (κ3) is 3.95. The molecule has 5 rings (SSSR count). The number of hydrogen-bond donors (Lipinski definition) is 2. The maximum Gasteiger partial charge on any atom is 0.322 e. The van der Waals surface area contributed by atoms with Crippen molar-refractivity contribution in [2.24, 2.45) is 0 Å². The summed E-state index contributed by atoms with van der Waals surface area (Å²) in [6.07, 6.45) is 1.55. The van der Waals surface area contributed by atoms with Crippen LogP contribution >= 0.6 is 0 Å². The van der Waals surface area contributed by atoms with Crippen molar-refractivity contribution >= 4 is 22.6 Å². The molecule has 0 spiro atoms. The smallest absolute Gasteiger partial charge is 0.322 e. The second-order valence-corrected chi connectivity index (χ2v) is 7.15. The predicted molar refractivity (Wildman–Crippen MR) is 114 cm³/mol. The number of benzene rings is 2. The Morgan fingerprint density at radius 3 is 2.58 bits per heavy atom. The minimum Gasteiger partial charge on any atom is -0.467 e. The summed E-state index contributed by atoms with van der Waals surface area (Å²) in [5.74, 6) is 1.83. The largest absolute Gasteiger partial charge is 0.467 e. The molecule has 0 fully saturated rings. The fourth-order valence-electron chi connectivity index (χ4n) is 3.48. The monoisotopic (exact) mass is 417 g/mol. The Kier molecular flexibility index (Phi) is 4.80. The highest BCUT2D eigenvalue weighted by Gasteiger charge is 2.20. The van der Waals surface area contributed by atoms with Gasteiger partial charge in [-0.05, 0) is 36.4 Å². The Labute approximate surface area is 177 Å². The number of furan rings is 1. The Balaban J connectivity index is 1.45. The van der Waals surface area contributed by atoms with Gasteiger partial charge < -0.3 is 29.1 Å². The summed E-state index contributed by atoms with van der Waals surface area (Å²) in [4.78, 5) is 30.1. The molecule has 2 N–H and O–H groups in total. The van der Waals surface area contributed by atoms with Gasteiger partial charge >= 0.3 is 6.03 Å². The van der Waals surface area contributed by atoms with Crippen LogP contribution in [-0.4, -0.2) is 22.7 Å². The molecule has 31 heavy (non-hydrogen) atoms. The molecule has 3 heterocycles. The van der Waals surface area contributed by atoms with E-state index in [-0.39, 0.29) is 31.5 Å². The van der Waals surface area contributed by atoms with E-state index in [0.717, 1.165) is 5.39 Å². The average Bonchev–Trinajstić information content (AvgIpc) is 3.44. The summed E-state index contributed by atoms with van der Waals surface area (Å²) in [7, 11) is 0. The lowest BCUT2D eigenvalue weighted by atomic mass is 10.1. The van der Waals surface area contributed by atoms with E-state index < -0.39 is 0 Å². The molecule has 0 saturated heterocycles. The Morgan fingerprint density at radius 1 is 1.00 bits per heavy atom. The van der Waals surface area contributed by atoms with Crippen LogP contribution in [0.2, 0.25) is 0 Å². The van der Waals surface area contributed by atoms with E-state index in [2.05, 4.69) is 10.3 Å². The molecule has 0 bridgehead atoms. The number of carbonyl (C=O) groups excluding carboxylic acids is 1. The van der Waals surface area contributed by atoms with E-state index in [9.17, 15) is 9.59 Å². The molecule has 4 aromatic rings. The number of amides is 2. The zero-order chi connectivity index (χ0) is 21.2. The summed E-state index contributed by atoms with van der Waals surface area (Å²) in [5.41, 5.74) is 1.48. The molecular formula is C23H19N3O5. The number of para-hydroxylation sites is 1. The second-order valence-electron chi connectivity index (χ2n) is 7.15. The van der Waals surface area contributed by atoms with Crippen molar-refractivity contribution in [3.63, 3.8) is 0 Å². The van der Waals surface area contributed by atoms with Gasteiger partial charge in [-0.3, -0.25) is 4.79 Å². The first-order valence-corrected chi connectivity index (χ1v) is 9.74. The molecule has 0 radical (unpaired) electrons. The number of carbonyl (C=O) groups is 1. The third-order valence-electron chi connectivity index (χ3n) is 5.01. The molecular weight excluding hydrogens is 398 g/mol. The number of urea groups is 1. The number of aromatic nitrogens is 1. The number of rotatable bonds is 5. The van der Waals surface area contributed by atoms with Crippen LogP contribution in [0.3, 0.4) is 0 Å². The highest BCUT2D eigenvalue weighted by Crippen LogP contribution is 2.35. The molecule has 0 saturated carbocycles. The van der Waals surface area contributed by atoms with E-state index in [1.54, 1.807) is 42.7 Å². The summed E-state index contributed by atoms with van der Waals surface area (Å²) in [6, 6.07) is 17.7. The molecule has 2 amide bonds. The predicted octanol–water partition coefficient (Wildman–Crippen LogP) is 4.08. The van der Waals surface area contributed by atoms with Crippen LogP contribution in [0.5, 0.6) is 11.5 Å². The lowest BCUT2D eigenvalue weighted by Crippen LogP contribution is -2.35. The number of aromatic amines is 1. The van der Waals surface area contributed by atoms with Gasteiger partial charge in [-0.1, -0.05) is 18.2 Å². The zero-order valence-corrected chi connectivity index (χ0v) is 16.5. The highest BCUT2D eigenvalue weighted by molar-refractivity contribution is 5.89. The fourth-order valence-corrected chi connectivity index (χ4v) is 3.48. The average molecular weight is 417 g/mol. The number of nitrogens with one attached hydrogen (secondary N) is 2. The first-order valence-electron chi connectivity index (χ1n) is 9.74. The topological polar surface area (TPSA) is 96.8 Å². The van der Waals surface area contributed by atoms with Crippen LogP contribution < -0.4 is 20.3 Å². The molecule has 8 heteroatoms. The van der Waals surface area contributed by atoms with Crippen LogP contribution in [0.15, 0.2) is 76.1 Å². The van der Waals surface area contributed by atoms with Crippen molar-refractivity contribution in [1.82, 2.24) is 9.88 Å². The summed E-state index contributed by atoms with van der Waals surface area (Å²) >= 11 is 0. The third-order valence-corrected chi connectivity index (χ3v) is 5.01. The molecule has 156 valence electrons. The van der Waals surface area contributed by atoms with Gasteiger partial charge in [-0.2, -0.15) is 0 Å². The molecule has 0 aliphatic carbocycles. The van der Waals surface area contributed by atoms with E-state index in [1.807, 2.05) is 24.3 Å². The lowest BCUT2D eigenvalue weighted by Gasteiger charge is -2.22. The number of ether oxygens (including phenoxy) is 2. The number of hydrogen-bond acceptors (Lipinski definition) is 5. The minimum atomic E-state index is -0.340. The molecule has 8 nitrogen and oxygen atoms in total. The van der Waals surface area contributed by atoms with Crippen LogP contribution in [0.1, 0.15) is 11.3 Å². The van der Waals surface area contributed by atoms with Crippen molar-refractivity contribution in [3.8, 4) is 11.5 Å². The standard InChI is InChI=1S/C23H19N3O5/c27-22-16(9-15-10-20-21(31-14-30-20)11-19(15)25-22)12-26(13-18-7-4-8-29-18)23(28)24-17-5-2-1-3-6-17/h1-11H,12-14H2,(H,24,28)(H,25,27). The van der Waals surface area contributed by atoms with Crippen molar-refractivity contribution in [3.05, 3.63) is 88.6 Å². The van der Waals surface area contributed by atoms with Crippen LogP contribution in [0.25, 0.3) is 10.9 Å². The molecule has 0 unspecified atom stereocenters. The van der Waals surface area contributed by atoms with Crippen molar-refractivity contribution in [2.75, 3.05) is 12.1 Å². The van der Waals surface area contributed by atoms with Gasteiger partial charge in [0.15, 0.2) is 11.5 Å². The van der Waals surface area contributed by atoms with Crippen LogP contribution in [0.4, 0.5) is 10.5 Å². The normalized spacial score (nSPS) is 12.1. The van der Waals surface area contributed by atoms with E-state index in [0.29, 0.717) is 34.0 Å². The van der Waals surface area contributed by atoms with E-state index in [4.69, 9.17) is 13.9 Å². The quantitative estimate of drug-likeness (QED) is 0.510. The first-order chi connectivity index (χ1) is 15.2. The summed E-state index contributed by atoms with van der Waals surface area (Å²) < 4.78 is 16.2. The Morgan fingerprint density at radius 2 is 1.81 bits per heavy atom. The van der Waals surface area contributed by atoms with Crippen molar-refractivity contribution in [2.45, 2.75) is 13.1 Å². The van der Waals surface area contributed by atoms with E-state index >= 15 is 0 Å². The SMILES string of the molecule is O=C(Nc1ccccc1)N(Cc1ccco1)Cc1cc2cc3c(cc2[nH]c1=O)OCO3. The zero-order valence-electron chi connectivity index (χ0n) is 16.5.